The van der Waals surface area contributed by atoms with Crippen LogP contribution in [0.15, 0.2) is 24.3 Å². The zero-order chi connectivity index (χ0) is 15.5. The molecular formula is C15H17F3N2O. The number of halogens is 3. The summed E-state index contributed by atoms with van der Waals surface area (Å²) in [6, 6.07) is 4.76. The molecule has 0 N–H and O–H groups in total. The minimum atomic E-state index is -4.33. The zero-order valence-electron chi connectivity index (χ0n) is 11.7. The van der Waals surface area contributed by atoms with Crippen molar-refractivity contribution in [1.82, 2.24) is 4.90 Å². The number of benzene rings is 1. The number of rotatable bonds is 6. The molecule has 1 fully saturated rings. The van der Waals surface area contributed by atoms with E-state index in [-0.39, 0.29) is 6.10 Å². The van der Waals surface area contributed by atoms with Gasteiger partial charge in [0, 0.05) is 20.0 Å². The standard InChI is InChI=1S/C15H17F3N2O/c1-20(10-19)9-8-14(11-2-3-11)21-13-6-4-12(5-7-13)15(16,17)18/h4-7,11,14H,2-3,8-9H2,1H3. The van der Waals surface area contributed by atoms with Gasteiger partial charge in [0.25, 0.3) is 0 Å². The Kier molecular flexibility index (Phi) is 4.61. The Bertz CT molecular complexity index is 503. The molecule has 21 heavy (non-hydrogen) atoms. The summed E-state index contributed by atoms with van der Waals surface area (Å²) in [5, 5.41) is 8.73. The first-order chi connectivity index (χ1) is 9.90. The van der Waals surface area contributed by atoms with E-state index < -0.39 is 11.7 Å². The molecule has 3 nitrogen and oxygen atoms in total. The second-order valence-electron chi connectivity index (χ2n) is 5.33. The van der Waals surface area contributed by atoms with Crippen LogP contribution in [-0.2, 0) is 6.18 Å². The van der Waals surface area contributed by atoms with Gasteiger partial charge in [-0.15, -0.1) is 0 Å². The van der Waals surface area contributed by atoms with E-state index in [4.69, 9.17) is 10.00 Å². The van der Waals surface area contributed by atoms with Crippen molar-refractivity contribution in [3.63, 3.8) is 0 Å². The number of ether oxygens (including phenoxy) is 1. The van der Waals surface area contributed by atoms with E-state index in [9.17, 15) is 13.2 Å². The molecule has 1 atom stereocenters. The minimum Gasteiger partial charge on any atom is -0.490 e. The fraction of sp³-hybridized carbons (Fsp3) is 0.533. The molecule has 0 radical (unpaired) electrons. The Hall–Kier alpha value is -1.90. The molecule has 1 aromatic rings. The van der Waals surface area contributed by atoms with Crippen molar-refractivity contribution in [3.8, 4) is 11.9 Å². The molecule has 2 rings (SSSR count). The van der Waals surface area contributed by atoms with Crippen molar-refractivity contribution in [2.24, 2.45) is 5.92 Å². The molecule has 1 unspecified atom stereocenters. The maximum atomic E-state index is 12.5. The van der Waals surface area contributed by atoms with Gasteiger partial charge in [-0.05, 0) is 43.0 Å². The molecule has 1 saturated carbocycles. The van der Waals surface area contributed by atoms with Crippen molar-refractivity contribution in [1.29, 1.82) is 5.26 Å². The van der Waals surface area contributed by atoms with Crippen LogP contribution in [0.4, 0.5) is 13.2 Å². The second-order valence-corrected chi connectivity index (χ2v) is 5.33. The lowest BCUT2D eigenvalue weighted by Gasteiger charge is -2.20. The summed E-state index contributed by atoms with van der Waals surface area (Å²) < 4.78 is 43.3. The van der Waals surface area contributed by atoms with Crippen LogP contribution in [0.25, 0.3) is 0 Å². The summed E-state index contributed by atoms with van der Waals surface area (Å²) >= 11 is 0. The van der Waals surface area contributed by atoms with E-state index in [1.807, 2.05) is 6.19 Å². The van der Waals surface area contributed by atoms with Crippen molar-refractivity contribution in [2.75, 3.05) is 13.6 Å². The summed E-state index contributed by atoms with van der Waals surface area (Å²) in [5.41, 5.74) is -0.679. The summed E-state index contributed by atoms with van der Waals surface area (Å²) in [5.74, 6) is 0.888. The number of hydrogen-bond donors (Lipinski definition) is 0. The highest BCUT2D eigenvalue weighted by molar-refractivity contribution is 5.29. The molecule has 0 heterocycles. The SMILES string of the molecule is CN(C#N)CCC(Oc1ccc(C(F)(F)F)cc1)C1CC1. The number of nitrogens with zero attached hydrogens (tertiary/aromatic N) is 2. The van der Waals surface area contributed by atoms with Crippen LogP contribution < -0.4 is 4.74 Å². The van der Waals surface area contributed by atoms with E-state index in [0.29, 0.717) is 24.6 Å². The average Bonchev–Trinajstić information content (AvgIpc) is 3.27. The first-order valence-electron chi connectivity index (χ1n) is 6.85. The van der Waals surface area contributed by atoms with E-state index in [0.717, 1.165) is 25.0 Å². The molecule has 0 aromatic heterocycles. The molecule has 0 bridgehead atoms. The molecule has 114 valence electrons. The Morgan fingerprint density at radius 3 is 2.43 bits per heavy atom. The zero-order valence-corrected chi connectivity index (χ0v) is 11.7. The van der Waals surface area contributed by atoms with Gasteiger partial charge >= 0.3 is 6.18 Å². The van der Waals surface area contributed by atoms with Crippen LogP contribution in [0.5, 0.6) is 5.75 Å². The van der Waals surface area contributed by atoms with Gasteiger partial charge in [0.15, 0.2) is 6.19 Å². The molecular weight excluding hydrogens is 281 g/mol. The minimum absolute atomic E-state index is 0.0439. The monoisotopic (exact) mass is 298 g/mol. The molecule has 0 amide bonds. The Balaban J connectivity index is 1.96. The molecule has 0 aliphatic heterocycles. The maximum Gasteiger partial charge on any atom is 0.416 e. The third-order valence-corrected chi connectivity index (χ3v) is 3.54. The van der Waals surface area contributed by atoms with E-state index in [1.54, 1.807) is 7.05 Å². The van der Waals surface area contributed by atoms with Crippen molar-refractivity contribution in [3.05, 3.63) is 29.8 Å². The lowest BCUT2D eigenvalue weighted by Crippen LogP contribution is -2.25. The lowest BCUT2D eigenvalue weighted by atomic mass is 10.1. The van der Waals surface area contributed by atoms with Crippen LogP contribution in [0.2, 0.25) is 0 Å². The maximum absolute atomic E-state index is 12.5. The van der Waals surface area contributed by atoms with Crippen LogP contribution in [0.3, 0.4) is 0 Å². The van der Waals surface area contributed by atoms with Gasteiger partial charge in [-0.3, -0.25) is 0 Å². The van der Waals surface area contributed by atoms with E-state index >= 15 is 0 Å². The van der Waals surface area contributed by atoms with Crippen LogP contribution in [-0.4, -0.2) is 24.6 Å². The first kappa shape index (κ1) is 15.5. The fourth-order valence-corrected chi connectivity index (χ4v) is 2.13. The third-order valence-electron chi connectivity index (χ3n) is 3.54. The molecule has 1 aromatic carbocycles. The predicted octanol–water partition coefficient (Wildman–Crippen LogP) is 3.67. The van der Waals surface area contributed by atoms with Crippen LogP contribution >= 0.6 is 0 Å². The van der Waals surface area contributed by atoms with Crippen LogP contribution in [0.1, 0.15) is 24.8 Å². The van der Waals surface area contributed by atoms with Crippen molar-refractivity contribution >= 4 is 0 Å². The average molecular weight is 298 g/mol. The van der Waals surface area contributed by atoms with Gasteiger partial charge in [-0.1, -0.05) is 0 Å². The van der Waals surface area contributed by atoms with Gasteiger partial charge < -0.3 is 9.64 Å². The van der Waals surface area contributed by atoms with Crippen LogP contribution in [0, 0.1) is 17.4 Å². The predicted molar refractivity (Wildman–Crippen MR) is 71.4 cm³/mol. The smallest absolute Gasteiger partial charge is 0.416 e. The van der Waals surface area contributed by atoms with Gasteiger partial charge in [0.05, 0.1) is 5.56 Å². The van der Waals surface area contributed by atoms with Gasteiger partial charge in [0.2, 0.25) is 0 Å². The second kappa shape index (κ2) is 6.25. The third kappa shape index (κ3) is 4.55. The molecule has 0 spiro atoms. The highest BCUT2D eigenvalue weighted by Crippen LogP contribution is 2.37. The van der Waals surface area contributed by atoms with E-state index in [1.165, 1.54) is 17.0 Å². The lowest BCUT2D eigenvalue weighted by molar-refractivity contribution is -0.137. The molecule has 6 heteroatoms. The summed E-state index contributed by atoms with van der Waals surface area (Å²) in [4.78, 5) is 1.52. The fourth-order valence-electron chi connectivity index (χ4n) is 2.13. The largest absolute Gasteiger partial charge is 0.490 e. The Morgan fingerprint density at radius 1 is 1.33 bits per heavy atom. The number of nitriles is 1. The summed E-state index contributed by atoms with van der Waals surface area (Å²) in [6.45, 7) is 0.582. The van der Waals surface area contributed by atoms with Gasteiger partial charge in [-0.25, -0.2) is 0 Å². The Labute approximate surface area is 121 Å². The van der Waals surface area contributed by atoms with Crippen molar-refractivity contribution < 1.29 is 17.9 Å². The first-order valence-corrected chi connectivity index (χ1v) is 6.85. The topological polar surface area (TPSA) is 36.3 Å². The highest BCUT2D eigenvalue weighted by atomic mass is 19.4. The number of alkyl halides is 3. The van der Waals surface area contributed by atoms with Gasteiger partial charge in [-0.2, -0.15) is 18.4 Å². The van der Waals surface area contributed by atoms with Crippen molar-refractivity contribution in [2.45, 2.75) is 31.5 Å². The molecule has 1 aliphatic carbocycles. The quantitative estimate of drug-likeness (QED) is 0.594. The summed E-state index contributed by atoms with van der Waals surface area (Å²) in [7, 11) is 1.70. The Morgan fingerprint density at radius 2 is 1.95 bits per heavy atom. The highest BCUT2D eigenvalue weighted by Gasteiger charge is 2.33. The normalized spacial score (nSPS) is 16.1. The molecule has 1 aliphatic rings. The van der Waals surface area contributed by atoms with E-state index in [2.05, 4.69) is 0 Å². The van der Waals surface area contributed by atoms with Gasteiger partial charge in [0.1, 0.15) is 11.9 Å². The summed E-state index contributed by atoms with van der Waals surface area (Å²) in [6.07, 6.45) is 0.479. The molecule has 0 saturated heterocycles. The number of hydrogen-bond acceptors (Lipinski definition) is 3.